The van der Waals surface area contributed by atoms with E-state index < -0.39 is 22.9 Å². The largest absolute Gasteiger partial charge is 0.481 e. The van der Waals surface area contributed by atoms with Crippen molar-refractivity contribution in [3.8, 4) is 0 Å². The van der Waals surface area contributed by atoms with Crippen LogP contribution in [-0.2, 0) is 10.2 Å². The van der Waals surface area contributed by atoms with Gasteiger partial charge in [0.2, 0.25) is 0 Å². The van der Waals surface area contributed by atoms with Gasteiger partial charge in [0, 0.05) is 29.7 Å². The van der Waals surface area contributed by atoms with Gasteiger partial charge in [-0.25, -0.2) is 0 Å². The lowest BCUT2D eigenvalue weighted by Crippen LogP contribution is -2.48. The number of hydrogen-bond acceptors (Lipinski definition) is 4. The fourth-order valence-electron chi connectivity index (χ4n) is 5.03. The molecule has 3 aromatic rings. The third kappa shape index (κ3) is 3.55. The Morgan fingerprint density at radius 1 is 1.03 bits per heavy atom. The second kappa shape index (κ2) is 7.85. The van der Waals surface area contributed by atoms with Crippen molar-refractivity contribution in [2.45, 2.75) is 30.2 Å². The van der Waals surface area contributed by atoms with Crippen LogP contribution in [0.5, 0.6) is 0 Å². The molecule has 2 atom stereocenters. The maximum absolute atomic E-state index is 13.7. The van der Waals surface area contributed by atoms with Gasteiger partial charge in [-0.2, -0.15) is 0 Å². The fourth-order valence-corrected chi connectivity index (χ4v) is 5.03. The van der Waals surface area contributed by atoms with Crippen molar-refractivity contribution in [3.63, 3.8) is 0 Å². The lowest BCUT2D eigenvalue weighted by atomic mass is 9.78. The molecule has 0 aromatic heterocycles. The molecule has 1 fully saturated rings. The summed E-state index contributed by atoms with van der Waals surface area (Å²) >= 11 is 0. The summed E-state index contributed by atoms with van der Waals surface area (Å²) in [5.74, 6) is -2.35. The third-order valence-electron chi connectivity index (χ3n) is 6.84. The summed E-state index contributed by atoms with van der Waals surface area (Å²) in [6.07, 6.45) is 1.78. The molecule has 2 aliphatic rings. The van der Waals surface area contributed by atoms with Gasteiger partial charge in [0.1, 0.15) is 5.92 Å². The number of amides is 1. The van der Waals surface area contributed by atoms with E-state index in [1.807, 2.05) is 30.3 Å². The van der Waals surface area contributed by atoms with E-state index in [-0.39, 0.29) is 17.0 Å². The second-order valence-electron chi connectivity index (χ2n) is 8.78. The zero-order valence-electron chi connectivity index (χ0n) is 17.8. The maximum atomic E-state index is 13.7. The molecule has 33 heavy (non-hydrogen) atoms. The highest BCUT2D eigenvalue weighted by Gasteiger charge is 2.51. The zero-order valence-corrected chi connectivity index (χ0v) is 17.8. The van der Waals surface area contributed by atoms with E-state index in [4.69, 9.17) is 0 Å². The summed E-state index contributed by atoms with van der Waals surface area (Å²) in [6, 6.07) is 21.8. The van der Waals surface area contributed by atoms with Gasteiger partial charge in [-0.15, -0.1) is 0 Å². The minimum absolute atomic E-state index is 0.132. The lowest BCUT2D eigenvalue weighted by Gasteiger charge is -2.42. The van der Waals surface area contributed by atoms with Gasteiger partial charge >= 0.3 is 5.97 Å². The number of benzene rings is 3. The van der Waals surface area contributed by atoms with E-state index in [0.29, 0.717) is 23.2 Å². The predicted octanol–water partition coefficient (Wildman–Crippen LogP) is 4.69. The average molecular weight is 442 g/mol. The average Bonchev–Trinajstić information content (AvgIpc) is 3.62. The van der Waals surface area contributed by atoms with Gasteiger partial charge < -0.3 is 10.0 Å². The Morgan fingerprint density at radius 2 is 1.73 bits per heavy atom. The minimum atomic E-state index is -1.07. The Morgan fingerprint density at radius 3 is 2.39 bits per heavy atom. The van der Waals surface area contributed by atoms with Crippen LogP contribution in [0.1, 0.15) is 51.8 Å². The van der Waals surface area contributed by atoms with Crippen molar-refractivity contribution in [1.82, 2.24) is 4.90 Å². The van der Waals surface area contributed by atoms with Crippen molar-refractivity contribution in [1.29, 1.82) is 0 Å². The molecule has 1 aliphatic carbocycles. The normalized spacial score (nSPS) is 20.7. The number of non-ortho nitro benzene ring substituents is 1. The topological polar surface area (TPSA) is 101 Å². The maximum Gasteiger partial charge on any atom is 0.313 e. The molecule has 7 heteroatoms. The van der Waals surface area contributed by atoms with Crippen LogP contribution in [0, 0.1) is 10.1 Å². The van der Waals surface area contributed by atoms with E-state index in [0.717, 1.165) is 18.4 Å². The number of hydrogen-bond donors (Lipinski definition) is 1. The minimum Gasteiger partial charge on any atom is -0.481 e. The van der Waals surface area contributed by atoms with E-state index in [1.165, 1.54) is 12.1 Å². The van der Waals surface area contributed by atoms with E-state index in [1.54, 1.807) is 41.3 Å². The molecule has 1 amide bonds. The molecule has 0 bridgehead atoms. The van der Waals surface area contributed by atoms with E-state index in [2.05, 4.69) is 0 Å². The monoisotopic (exact) mass is 442 g/mol. The van der Waals surface area contributed by atoms with Crippen LogP contribution in [0.3, 0.4) is 0 Å². The number of carboxylic acids is 1. The Bertz CT molecular complexity index is 1250. The molecule has 0 spiro atoms. The van der Waals surface area contributed by atoms with Crippen molar-refractivity contribution in [2.24, 2.45) is 0 Å². The number of carboxylic acid groups (broad SMARTS) is 1. The van der Waals surface area contributed by atoms with Crippen LogP contribution in [0.4, 0.5) is 5.69 Å². The Labute approximate surface area is 190 Å². The SMILES string of the molecule is O=C(O)C1c2ccccc2C(=O)N(CC2(c3ccccc3)CC2)C1c1cccc([N+](=O)[O-])c1. The van der Waals surface area contributed by atoms with Crippen molar-refractivity contribution in [2.75, 3.05) is 6.54 Å². The standard InChI is InChI=1S/C26H22N2O5/c29-24-21-12-5-4-11-20(21)22(25(30)31)23(17-7-6-10-19(15-17)28(32)33)27(24)16-26(13-14-26)18-8-2-1-3-9-18/h1-12,15,22-23H,13-14,16H2,(H,30,31). The smallest absolute Gasteiger partial charge is 0.313 e. The highest BCUT2D eigenvalue weighted by molar-refractivity contribution is 6.00. The number of carbonyl (C=O) groups is 2. The number of carbonyl (C=O) groups excluding carboxylic acids is 1. The van der Waals surface area contributed by atoms with Crippen LogP contribution < -0.4 is 0 Å². The predicted molar refractivity (Wildman–Crippen MR) is 121 cm³/mol. The number of nitrogens with zero attached hydrogens (tertiary/aromatic N) is 2. The third-order valence-corrected chi connectivity index (χ3v) is 6.84. The first-order valence-electron chi connectivity index (χ1n) is 10.8. The van der Waals surface area contributed by atoms with Crippen molar-refractivity contribution < 1.29 is 19.6 Å². The summed E-state index contributed by atoms with van der Waals surface area (Å²) < 4.78 is 0. The number of rotatable bonds is 6. The molecule has 5 rings (SSSR count). The lowest BCUT2D eigenvalue weighted by molar-refractivity contribution is -0.385. The molecule has 0 saturated heterocycles. The van der Waals surface area contributed by atoms with Gasteiger partial charge in [0.25, 0.3) is 11.6 Å². The Balaban J connectivity index is 1.66. The Hall–Kier alpha value is -4.00. The van der Waals surface area contributed by atoms with Crippen LogP contribution in [0.25, 0.3) is 0 Å². The number of nitro groups is 1. The van der Waals surface area contributed by atoms with Gasteiger partial charge in [0.05, 0.1) is 11.0 Å². The molecule has 3 aromatic carbocycles. The van der Waals surface area contributed by atoms with E-state index >= 15 is 0 Å². The first-order chi connectivity index (χ1) is 15.9. The number of fused-ring (bicyclic) bond motifs is 1. The van der Waals surface area contributed by atoms with Crippen LogP contribution in [0.15, 0.2) is 78.9 Å². The molecular weight excluding hydrogens is 420 g/mol. The first kappa shape index (κ1) is 20.9. The molecule has 1 aliphatic heterocycles. The molecule has 1 heterocycles. The molecule has 0 radical (unpaired) electrons. The van der Waals surface area contributed by atoms with Crippen molar-refractivity contribution in [3.05, 3.63) is 111 Å². The summed E-state index contributed by atoms with van der Waals surface area (Å²) in [6.45, 7) is 0.349. The molecule has 2 unspecified atom stereocenters. The molecule has 166 valence electrons. The van der Waals surface area contributed by atoms with Gasteiger partial charge in [-0.3, -0.25) is 19.7 Å². The zero-order chi connectivity index (χ0) is 23.2. The first-order valence-corrected chi connectivity index (χ1v) is 10.8. The molecule has 7 nitrogen and oxygen atoms in total. The highest BCUT2D eigenvalue weighted by Crippen LogP contribution is 2.52. The quantitative estimate of drug-likeness (QED) is 0.441. The van der Waals surface area contributed by atoms with Gasteiger partial charge in [0.15, 0.2) is 0 Å². The van der Waals surface area contributed by atoms with E-state index in [9.17, 15) is 24.8 Å². The van der Waals surface area contributed by atoms with Crippen LogP contribution >= 0.6 is 0 Å². The number of nitro benzene ring substituents is 1. The fraction of sp³-hybridized carbons (Fsp3) is 0.231. The molecule has 1 N–H and O–H groups in total. The summed E-state index contributed by atoms with van der Waals surface area (Å²) in [7, 11) is 0. The summed E-state index contributed by atoms with van der Waals surface area (Å²) in [4.78, 5) is 38.8. The molecular formula is C26H22N2O5. The Kier molecular flexibility index (Phi) is 4.96. The highest BCUT2D eigenvalue weighted by atomic mass is 16.6. The van der Waals surface area contributed by atoms with Crippen molar-refractivity contribution >= 4 is 17.6 Å². The van der Waals surface area contributed by atoms with Crippen LogP contribution in [-0.4, -0.2) is 33.4 Å². The van der Waals surface area contributed by atoms with Gasteiger partial charge in [-0.1, -0.05) is 60.7 Å². The van der Waals surface area contributed by atoms with Crippen LogP contribution in [0.2, 0.25) is 0 Å². The summed E-state index contributed by atoms with van der Waals surface area (Å²) in [5.41, 5.74) is 1.99. The molecule has 1 saturated carbocycles. The summed E-state index contributed by atoms with van der Waals surface area (Å²) in [5, 5.41) is 21.7. The number of aliphatic carboxylic acids is 1. The second-order valence-corrected chi connectivity index (χ2v) is 8.78. The van der Waals surface area contributed by atoms with Gasteiger partial charge in [-0.05, 0) is 35.6 Å².